The van der Waals surface area contributed by atoms with Crippen LogP contribution in [0.25, 0.3) is 0 Å². The molecule has 44 heavy (non-hydrogen) atoms. The zero-order valence-corrected chi connectivity index (χ0v) is 25.1. The first-order valence-electron chi connectivity index (χ1n) is 14.3. The molecule has 7 nitrogen and oxygen atoms in total. The number of anilines is 2. The number of carbonyl (C=O) groups is 2. The van der Waals surface area contributed by atoms with E-state index in [1.165, 1.54) is 4.31 Å². The third-order valence-electron chi connectivity index (χ3n) is 7.16. The molecule has 5 aromatic carbocycles. The molecule has 0 aromatic heterocycles. The average Bonchev–Trinajstić information content (AvgIpc) is 3.05. The van der Waals surface area contributed by atoms with Crippen molar-refractivity contribution >= 4 is 33.2 Å². The van der Waals surface area contributed by atoms with Crippen molar-refractivity contribution in [3.8, 4) is 0 Å². The van der Waals surface area contributed by atoms with Crippen molar-refractivity contribution in [1.29, 1.82) is 0 Å². The van der Waals surface area contributed by atoms with Crippen LogP contribution in [-0.2, 0) is 23.0 Å². The third kappa shape index (κ3) is 7.22. The van der Waals surface area contributed by atoms with Gasteiger partial charge >= 0.3 is 0 Å². The van der Waals surface area contributed by atoms with Gasteiger partial charge < -0.3 is 10.6 Å². The van der Waals surface area contributed by atoms with Gasteiger partial charge in [-0.1, -0.05) is 103 Å². The Hall–Kier alpha value is -5.21. The van der Waals surface area contributed by atoms with E-state index >= 15 is 0 Å². The van der Waals surface area contributed by atoms with E-state index in [-0.39, 0.29) is 28.6 Å². The standard InChI is InChI=1S/C36H33N3O4S/c1-27-20-22-30(23-21-27)44(42,43)39(26-29-14-6-3-7-15-29)34-19-11-9-17-32(34)36(41)38-33-18-10-8-16-31(33)35(40)37-25-24-28-12-4-2-5-13-28/h2-23H,24-26H2,1H3,(H,37,40)(H,38,41). The fraction of sp³-hybridized carbons (Fsp3) is 0.111. The maximum Gasteiger partial charge on any atom is 0.264 e. The lowest BCUT2D eigenvalue weighted by Gasteiger charge is -2.27. The molecule has 0 aliphatic heterocycles. The highest BCUT2D eigenvalue weighted by atomic mass is 32.2. The normalized spacial score (nSPS) is 11.0. The molecule has 0 aliphatic carbocycles. The van der Waals surface area contributed by atoms with Crippen molar-refractivity contribution in [1.82, 2.24) is 5.32 Å². The highest BCUT2D eigenvalue weighted by molar-refractivity contribution is 7.92. The smallest absolute Gasteiger partial charge is 0.264 e. The van der Waals surface area contributed by atoms with E-state index in [2.05, 4.69) is 10.6 Å². The van der Waals surface area contributed by atoms with E-state index in [0.717, 1.165) is 16.7 Å². The molecule has 222 valence electrons. The number of carbonyl (C=O) groups excluding carboxylic acids is 2. The molecule has 0 aliphatic rings. The molecular weight excluding hydrogens is 570 g/mol. The molecule has 2 amide bonds. The minimum Gasteiger partial charge on any atom is -0.352 e. The Balaban J connectivity index is 1.43. The first-order chi connectivity index (χ1) is 21.3. The monoisotopic (exact) mass is 603 g/mol. The Bertz CT molecular complexity index is 1840. The SMILES string of the molecule is Cc1ccc(S(=O)(=O)N(Cc2ccccc2)c2ccccc2C(=O)Nc2ccccc2C(=O)NCCc2ccccc2)cc1. The summed E-state index contributed by atoms with van der Waals surface area (Å²) in [4.78, 5) is 27.0. The number of rotatable bonds is 11. The molecule has 0 fully saturated rings. The lowest BCUT2D eigenvalue weighted by Crippen LogP contribution is -2.32. The molecular formula is C36H33N3O4S. The summed E-state index contributed by atoms with van der Waals surface area (Å²) < 4.78 is 29.4. The second-order valence-corrected chi connectivity index (χ2v) is 12.2. The molecule has 0 unspecified atom stereocenters. The van der Waals surface area contributed by atoms with E-state index < -0.39 is 15.9 Å². The summed E-state index contributed by atoms with van der Waals surface area (Å²) in [7, 11) is -4.06. The highest BCUT2D eigenvalue weighted by Gasteiger charge is 2.29. The van der Waals surface area contributed by atoms with Crippen LogP contribution in [0.4, 0.5) is 11.4 Å². The first-order valence-corrected chi connectivity index (χ1v) is 15.7. The Kier molecular flexibility index (Phi) is 9.52. The molecule has 8 heteroatoms. The fourth-order valence-electron chi connectivity index (χ4n) is 4.81. The largest absolute Gasteiger partial charge is 0.352 e. The van der Waals surface area contributed by atoms with Gasteiger partial charge in [0, 0.05) is 6.54 Å². The van der Waals surface area contributed by atoms with Gasteiger partial charge in [0.05, 0.1) is 33.9 Å². The second kappa shape index (κ2) is 13.8. The highest BCUT2D eigenvalue weighted by Crippen LogP contribution is 2.30. The maximum atomic E-state index is 14.1. The molecule has 0 saturated carbocycles. The topological polar surface area (TPSA) is 95.6 Å². The van der Waals surface area contributed by atoms with Gasteiger partial charge in [-0.05, 0) is 60.9 Å². The molecule has 0 atom stereocenters. The van der Waals surface area contributed by atoms with Crippen molar-refractivity contribution < 1.29 is 18.0 Å². The average molecular weight is 604 g/mol. The molecule has 0 radical (unpaired) electrons. The zero-order valence-electron chi connectivity index (χ0n) is 24.3. The van der Waals surface area contributed by atoms with Crippen LogP contribution >= 0.6 is 0 Å². The van der Waals surface area contributed by atoms with Crippen molar-refractivity contribution in [2.75, 3.05) is 16.2 Å². The number of benzene rings is 5. The van der Waals surface area contributed by atoms with E-state index in [1.54, 1.807) is 72.8 Å². The quantitative estimate of drug-likeness (QED) is 0.178. The van der Waals surface area contributed by atoms with Gasteiger partial charge in [0.25, 0.3) is 21.8 Å². The number of sulfonamides is 1. The van der Waals surface area contributed by atoms with Crippen molar-refractivity contribution in [3.63, 3.8) is 0 Å². The predicted molar refractivity (Wildman–Crippen MR) is 174 cm³/mol. The maximum absolute atomic E-state index is 14.1. The number of aryl methyl sites for hydroxylation is 1. The van der Waals surface area contributed by atoms with Crippen LogP contribution in [0, 0.1) is 6.92 Å². The van der Waals surface area contributed by atoms with Crippen LogP contribution in [-0.4, -0.2) is 26.8 Å². The van der Waals surface area contributed by atoms with E-state index in [9.17, 15) is 18.0 Å². The van der Waals surface area contributed by atoms with E-state index in [0.29, 0.717) is 24.2 Å². The fourth-order valence-corrected chi connectivity index (χ4v) is 6.28. The number of nitrogens with zero attached hydrogens (tertiary/aromatic N) is 1. The van der Waals surface area contributed by atoms with Crippen LogP contribution in [0.5, 0.6) is 0 Å². The summed E-state index contributed by atoms with van der Waals surface area (Å²) in [6, 6.07) is 39.0. The summed E-state index contributed by atoms with van der Waals surface area (Å²) in [5, 5.41) is 5.77. The van der Waals surface area contributed by atoms with Crippen LogP contribution in [0.15, 0.2) is 138 Å². The summed E-state index contributed by atoms with van der Waals surface area (Å²) in [5.74, 6) is -0.861. The molecule has 0 bridgehead atoms. The number of hydrogen-bond acceptors (Lipinski definition) is 4. The Morgan fingerprint density at radius 3 is 1.89 bits per heavy atom. The minimum absolute atomic E-state index is 0.0156. The summed E-state index contributed by atoms with van der Waals surface area (Å²) >= 11 is 0. The van der Waals surface area contributed by atoms with Crippen molar-refractivity contribution in [2.45, 2.75) is 24.8 Å². The van der Waals surface area contributed by atoms with Gasteiger partial charge in [-0.25, -0.2) is 8.42 Å². The molecule has 5 rings (SSSR count). The molecule has 0 spiro atoms. The number of nitrogens with one attached hydrogen (secondary N) is 2. The van der Waals surface area contributed by atoms with Crippen LogP contribution < -0.4 is 14.9 Å². The summed E-state index contributed by atoms with van der Waals surface area (Å²) in [5.41, 5.74) is 3.79. The lowest BCUT2D eigenvalue weighted by molar-refractivity contribution is 0.0955. The first kappa shape index (κ1) is 30.3. The Labute approximate surface area is 258 Å². The Morgan fingerprint density at radius 2 is 1.20 bits per heavy atom. The Morgan fingerprint density at radius 1 is 0.636 bits per heavy atom. The molecule has 5 aromatic rings. The minimum atomic E-state index is -4.06. The van der Waals surface area contributed by atoms with Gasteiger partial charge in [0.2, 0.25) is 0 Å². The van der Waals surface area contributed by atoms with Crippen molar-refractivity contribution in [3.05, 3.63) is 161 Å². The van der Waals surface area contributed by atoms with Crippen molar-refractivity contribution in [2.24, 2.45) is 0 Å². The van der Waals surface area contributed by atoms with Gasteiger partial charge in [-0.15, -0.1) is 0 Å². The van der Waals surface area contributed by atoms with Crippen LogP contribution in [0.3, 0.4) is 0 Å². The van der Waals surface area contributed by atoms with Gasteiger partial charge in [0.1, 0.15) is 0 Å². The predicted octanol–water partition coefficient (Wildman–Crippen LogP) is 6.62. The van der Waals surface area contributed by atoms with Crippen LogP contribution in [0.1, 0.15) is 37.4 Å². The number of para-hydroxylation sites is 2. The summed E-state index contributed by atoms with van der Waals surface area (Å²) in [6.45, 7) is 2.33. The lowest BCUT2D eigenvalue weighted by atomic mass is 10.1. The molecule has 0 saturated heterocycles. The van der Waals surface area contributed by atoms with E-state index in [1.807, 2.05) is 67.6 Å². The third-order valence-corrected chi connectivity index (χ3v) is 8.93. The second-order valence-electron chi connectivity index (χ2n) is 10.3. The van der Waals surface area contributed by atoms with E-state index in [4.69, 9.17) is 0 Å². The molecule has 0 heterocycles. The van der Waals surface area contributed by atoms with Gasteiger partial charge in [-0.2, -0.15) is 0 Å². The van der Waals surface area contributed by atoms with Gasteiger partial charge in [-0.3, -0.25) is 13.9 Å². The summed E-state index contributed by atoms with van der Waals surface area (Å²) in [6.07, 6.45) is 0.668. The zero-order chi connectivity index (χ0) is 30.9. The number of amides is 2. The van der Waals surface area contributed by atoms with Crippen LogP contribution in [0.2, 0.25) is 0 Å². The van der Waals surface area contributed by atoms with Gasteiger partial charge in [0.15, 0.2) is 0 Å². The number of hydrogen-bond donors (Lipinski definition) is 2. The molecule has 2 N–H and O–H groups in total.